The van der Waals surface area contributed by atoms with Crippen molar-refractivity contribution in [2.24, 2.45) is 0 Å². The molecule has 0 aliphatic carbocycles. The number of carbonyl (C=O) groups excluding carboxylic acids is 1. The Bertz CT molecular complexity index is 890. The van der Waals surface area contributed by atoms with Crippen LogP contribution in [0.3, 0.4) is 0 Å². The number of pyridine rings is 1. The standard InChI is InChI=1S/C19H16N2O4/c22-19(10-13-3-4-17-18(9-13)25-12-24-17)21-11-14-5-6-20-15(8-14)16-2-1-7-23-16/h1-9H,10-12H2,(H,21,22). The molecule has 0 atom stereocenters. The summed E-state index contributed by atoms with van der Waals surface area (Å²) < 4.78 is 15.9. The second-order valence-corrected chi connectivity index (χ2v) is 5.67. The lowest BCUT2D eigenvalue weighted by Gasteiger charge is -2.07. The molecule has 3 aromatic rings. The van der Waals surface area contributed by atoms with Crippen molar-refractivity contribution in [3.8, 4) is 23.0 Å². The van der Waals surface area contributed by atoms with Gasteiger partial charge in [0.15, 0.2) is 17.3 Å². The molecule has 0 unspecified atom stereocenters. The Balaban J connectivity index is 1.37. The smallest absolute Gasteiger partial charge is 0.231 e. The summed E-state index contributed by atoms with van der Waals surface area (Å²) in [6, 6.07) is 13.0. The molecule has 4 rings (SSSR count). The number of nitrogens with zero attached hydrogens (tertiary/aromatic N) is 1. The van der Waals surface area contributed by atoms with E-state index in [1.165, 1.54) is 0 Å². The fourth-order valence-electron chi connectivity index (χ4n) is 2.64. The van der Waals surface area contributed by atoms with Crippen LogP contribution >= 0.6 is 0 Å². The van der Waals surface area contributed by atoms with Gasteiger partial charge in [0.2, 0.25) is 12.7 Å². The van der Waals surface area contributed by atoms with Gasteiger partial charge in [0, 0.05) is 12.7 Å². The van der Waals surface area contributed by atoms with Crippen LogP contribution in [0.5, 0.6) is 11.5 Å². The lowest BCUT2D eigenvalue weighted by molar-refractivity contribution is -0.120. The fourth-order valence-corrected chi connectivity index (χ4v) is 2.64. The van der Waals surface area contributed by atoms with E-state index in [9.17, 15) is 4.79 Å². The van der Waals surface area contributed by atoms with Crippen molar-refractivity contribution in [3.05, 3.63) is 66.1 Å². The summed E-state index contributed by atoms with van der Waals surface area (Å²) in [5.74, 6) is 2.04. The molecule has 6 heteroatoms. The van der Waals surface area contributed by atoms with Crippen LogP contribution in [0.4, 0.5) is 0 Å². The molecule has 2 aromatic heterocycles. The van der Waals surface area contributed by atoms with E-state index in [0.717, 1.165) is 16.8 Å². The van der Waals surface area contributed by atoms with Crippen LogP contribution < -0.4 is 14.8 Å². The maximum absolute atomic E-state index is 12.2. The van der Waals surface area contributed by atoms with Gasteiger partial charge in [-0.2, -0.15) is 0 Å². The van der Waals surface area contributed by atoms with Gasteiger partial charge in [-0.3, -0.25) is 9.78 Å². The van der Waals surface area contributed by atoms with E-state index in [-0.39, 0.29) is 19.1 Å². The van der Waals surface area contributed by atoms with Crippen LogP contribution in [0.25, 0.3) is 11.5 Å². The van der Waals surface area contributed by atoms with Crippen LogP contribution in [-0.4, -0.2) is 17.7 Å². The lowest BCUT2D eigenvalue weighted by Crippen LogP contribution is -2.24. The third kappa shape index (κ3) is 3.47. The van der Waals surface area contributed by atoms with Crippen LogP contribution in [0, 0.1) is 0 Å². The number of nitrogens with one attached hydrogen (secondary N) is 1. The molecule has 0 spiro atoms. The summed E-state index contributed by atoms with van der Waals surface area (Å²) in [6.07, 6.45) is 3.60. The van der Waals surface area contributed by atoms with E-state index in [1.54, 1.807) is 12.5 Å². The zero-order valence-corrected chi connectivity index (χ0v) is 13.4. The highest BCUT2D eigenvalue weighted by Crippen LogP contribution is 2.32. The second-order valence-electron chi connectivity index (χ2n) is 5.67. The summed E-state index contributed by atoms with van der Waals surface area (Å²) >= 11 is 0. The molecular formula is C19H16N2O4. The number of ether oxygens (including phenoxy) is 2. The molecule has 0 fully saturated rings. The predicted molar refractivity (Wildman–Crippen MR) is 90.1 cm³/mol. The molecule has 25 heavy (non-hydrogen) atoms. The van der Waals surface area contributed by atoms with Crippen molar-refractivity contribution in [1.82, 2.24) is 10.3 Å². The number of carbonyl (C=O) groups is 1. The minimum absolute atomic E-state index is 0.0600. The first kappa shape index (κ1) is 15.3. The summed E-state index contributed by atoms with van der Waals surface area (Å²) in [4.78, 5) is 16.5. The lowest BCUT2D eigenvalue weighted by atomic mass is 10.1. The van der Waals surface area contributed by atoms with Gasteiger partial charge < -0.3 is 19.2 Å². The molecule has 1 N–H and O–H groups in total. The highest BCUT2D eigenvalue weighted by molar-refractivity contribution is 5.78. The topological polar surface area (TPSA) is 73.6 Å². The average molecular weight is 336 g/mol. The maximum Gasteiger partial charge on any atom is 0.231 e. The first-order chi connectivity index (χ1) is 12.3. The third-order valence-electron chi connectivity index (χ3n) is 3.89. The molecule has 1 aliphatic rings. The van der Waals surface area contributed by atoms with Gasteiger partial charge in [-0.25, -0.2) is 0 Å². The highest BCUT2D eigenvalue weighted by Gasteiger charge is 2.14. The number of furan rings is 1. The van der Waals surface area contributed by atoms with Crippen LogP contribution in [-0.2, 0) is 17.8 Å². The minimum Gasteiger partial charge on any atom is -0.463 e. The summed E-state index contributed by atoms with van der Waals surface area (Å²) in [6.45, 7) is 0.657. The SMILES string of the molecule is O=C(Cc1ccc2c(c1)OCO2)NCc1ccnc(-c2ccco2)c1. The molecule has 0 radical (unpaired) electrons. The first-order valence-electron chi connectivity index (χ1n) is 7.92. The second kappa shape index (κ2) is 6.68. The van der Waals surface area contributed by atoms with Crippen molar-refractivity contribution >= 4 is 5.91 Å². The highest BCUT2D eigenvalue weighted by atomic mass is 16.7. The largest absolute Gasteiger partial charge is 0.463 e. The Kier molecular flexibility index (Phi) is 4.08. The number of aromatic nitrogens is 1. The molecule has 1 aliphatic heterocycles. The number of hydrogen-bond donors (Lipinski definition) is 1. The van der Waals surface area contributed by atoms with E-state index < -0.39 is 0 Å². The van der Waals surface area contributed by atoms with Gasteiger partial charge in [0.1, 0.15) is 5.69 Å². The van der Waals surface area contributed by atoms with E-state index in [1.807, 2.05) is 42.5 Å². The Morgan fingerprint density at radius 1 is 1.08 bits per heavy atom. The Morgan fingerprint density at radius 3 is 2.88 bits per heavy atom. The van der Waals surface area contributed by atoms with E-state index >= 15 is 0 Å². The van der Waals surface area contributed by atoms with Gasteiger partial charge in [0.25, 0.3) is 0 Å². The third-order valence-corrected chi connectivity index (χ3v) is 3.89. The molecule has 1 amide bonds. The maximum atomic E-state index is 12.2. The van der Waals surface area contributed by atoms with Gasteiger partial charge >= 0.3 is 0 Å². The minimum atomic E-state index is -0.0600. The number of benzene rings is 1. The molecule has 3 heterocycles. The zero-order valence-electron chi connectivity index (χ0n) is 13.4. The number of hydrogen-bond acceptors (Lipinski definition) is 5. The predicted octanol–water partition coefficient (Wildman–Crippen LogP) is 2.93. The van der Waals surface area contributed by atoms with Crippen LogP contribution in [0.2, 0.25) is 0 Å². The number of fused-ring (bicyclic) bond motifs is 1. The van der Waals surface area contributed by atoms with E-state index in [2.05, 4.69) is 10.3 Å². The van der Waals surface area contributed by atoms with Crippen LogP contribution in [0.1, 0.15) is 11.1 Å². The van der Waals surface area contributed by atoms with Gasteiger partial charge in [0.05, 0.1) is 12.7 Å². The van der Waals surface area contributed by atoms with Gasteiger partial charge in [-0.15, -0.1) is 0 Å². The van der Waals surface area contributed by atoms with Crippen molar-refractivity contribution < 1.29 is 18.7 Å². The molecular weight excluding hydrogens is 320 g/mol. The molecule has 0 saturated carbocycles. The molecule has 126 valence electrons. The Morgan fingerprint density at radius 2 is 2.00 bits per heavy atom. The van der Waals surface area contributed by atoms with Crippen molar-refractivity contribution in [2.45, 2.75) is 13.0 Å². The summed E-state index contributed by atoms with van der Waals surface area (Å²) in [5.41, 5.74) is 2.58. The Hall–Kier alpha value is -3.28. The average Bonchev–Trinajstić information content (AvgIpc) is 3.31. The van der Waals surface area contributed by atoms with E-state index in [4.69, 9.17) is 13.9 Å². The summed E-state index contributed by atoms with van der Waals surface area (Å²) in [7, 11) is 0. The quantitative estimate of drug-likeness (QED) is 0.775. The van der Waals surface area contributed by atoms with Gasteiger partial charge in [-0.05, 0) is 47.5 Å². The van der Waals surface area contributed by atoms with Crippen LogP contribution in [0.15, 0.2) is 59.3 Å². The van der Waals surface area contributed by atoms with E-state index in [0.29, 0.717) is 23.8 Å². The number of amides is 1. The van der Waals surface area contributed by atoms with Crippen molar-refractivity contribution in [2.75, 3.05) is 6.79 Å². The first-order valence-corrected chi connectivity index (χ1v) is 7.92. The Labute approximate surface area is 144 Å². The number of rotatable bonds is 5. The monoisotopic (exact) mass is 336 g/mol. The van der Waals surface area contributed by atoms with Crippen molar-refractivity contribution in [1.29, 1.82) is 0 Å². The summed E-state index contributed by atoms with van der Waals surface area (Å²) in [5, 5.41) is 2.92. The molecule has 6 nitrogen and oxygen atoms in total. The molecule has 0 saturated heterocycles. The molecule has 1 aromatic carbocycles. The normalized spacial score (nSPS) is 12.2. The van der Waals surface area contributed by atoms with Gasteiger partial charge in [-0.1, -0.05) is 6.07 Å². The molecule has 0 bridgehead atoms. The fraction of sp³-hybridized carbons (Fsp3) is 0.158. The zero-order chi connectivity index (χ0) is 17.1. The van der Waals surface area contributed by atoms with Crippen molar-refractivity contribution in [3.63, 3.8) is 0 Å².